The predicted molar refractivity (Wildman–Crippen MR) is 83.0 cm³/mol. The van der Waals surface area contributed by atoms with Crippen molar-refractivity contribution in [2.24, 2.45) is 0 Å². The maximum Gasteiger partial charge on any atom is 0.319 e. The largest absolute Gasteiger partial charge is 0.329 e. The van der Waals surface area contributed by atoms with Crippen LogP contribution in [0, 0.1) is 11.6 Å². The van der Waals surface area contributed by atoms with E-state index in [9.17, 15) is 13.6 Å². The molecule has 0 aliphatic heterocycles. The molecule has 0 aliphatic rings. The molecule has 0 spiro atoms. The van der Waals surface area contributed by atoms with Gasteiger partial charge >= 0.3 is 6.03 Å². The zero-order valence-electron chi connectivity index (χ0n) is 12.1. The second-order valence-electron chi connectivity index (χ2n) is 5.34. The first-order valence-electron chi connectivity index (χ1n) is 6.58. The highest BCUT2D eigenvalue weighted by atomic mass is 35.5. The third-order valence-electron chi connectivity index (χ3n) is 3.17. The van der Waals surface area contributed by atoms with E-state index in [1.165, 1.54) is 30.3 Å². The zero-order chi connectivity index (χ0) is 16.3. The first kappa shape index (κ1) is 16.2. The third kappa shape index (κ3) is 3.95. The summed E-state index contributed by atoms with van der Waals surface area (Å²) in [7, 11) is 0. The standard InChI is InChI=1S/C16H15ClF2N2O/c1-16(2,10-3-5-11(18)6-4-10)21-15(22)20-12-7-8-14(19)13(17)9-12/h3-9H,1-2H3,(H2,20,21,22). The Bertz CT molecular complexity index is 687. The lowest BCUT2D eigenvalue weighted by Gasteiger charge is -2.27. The van der Waals surface area contributed by atoms with E-state index in [0.717, 1.165) is 5.56 Å². The Labute approximate surface area is 132 Å². The number of halogens is 3. The molecule has 22 heavy (non-hydrogen) atoms. The lowest BCUT2D eigenvalue weighted by Crippen LogP contribution is -2.43. The van der Waals surface area contributed by atoms with Gasteiger partial charge in [-0.1, -0.05) is 23.7 Å². The Hall–Kier alpha value is -2.14. The molecule has 0 fully saturated rings. The lowest BCUT2D eigenvalue weighted by molar-refractivity contribution is 0.242. The highest BCUT2D eigenvalue weighted by Gasteiger charge is 2.23. The maximum atomic E-state index is 13.1. The molecule has 0 unspecified atom stereocenters. The van der Waals surface area contributed by atoms with Gasteiger partial charge in [0.25, 0.3) is 0 Å². The summed E-state index contributed by atoms with van der Waals surface area (Å²) in [5.41, 5.74) is 0.418. The Morgan fingerprint density at radius 3 is 2.32 bits per heavy atom. The lowest BCUT2D eigenvalue weighted by atomic mass is 9.94. The van der Waals surface area contributed by atoms with Gasteiger partial charge < -0.3 is 10.6 Å². The summed E-state index contributed by atoms with van der Waals surface area (Å²) in [5.74, 6) is -0.899. The van der Waals surface area contributed by atoms with Crippen LogP contribution in [0.4, 0.5) is 19.3 Å². The molecule has 0 radical (unpaired) electrons. The van der Waals surface area contributed by atoms with Crippen LogP contribution in [-0.2, 0) is 5.54 Å². The number of carbonyl (C=O) groups excluding carboxylic acids is 1. The normalized spacial score (nSPS) is 11.1. The quantitative estimate of drug-likeness (QED) is 0.846. The summed E-state index contributed by atoms with van der Waals surface area (Å²) >= 11 is 5.66. The molecule has 2 amide bonds. The molecule has 6 heteroatoms. The Morgan fingerprint density at radius 1 is 1.09 bits per heavy atom. The Kier molecular flexibility index (Phi) is 4.66. The number of benzene rings is 2. The van der Waals surface area contributed by atoms with Crippen molar-refractivity contribution in [3.63, 3.8) is 0 Å². The minimum absolute atomic E-state index is 0.0735. The van der Waals surface area contributed by atoms with Crippen molar-refractivity contribution in [1.29, 1.82) is 0 Å². The average molecular weight is 325 g/mol. The topological polar surface area (TPSA) is 41.1 Å². The maximum absolute atomic E-state index is 13.1. The van der Waals surface area contributed by atoms with Crippen LogP contribution in [0.2, 0.25) is 5.02 Å². The molecule has 116 valence electrons. The van der Waals surface area contributed by atoms with Gasteiger partial charge in [-0.05, 0) is 49.7 Å². The van der Waals surface area contributed by atoms with E-state index in [4.69, 9.17) is 11.6 Å². The third-order valence-corrected chi connectivity index (χ3v) is 3.46. The van der Waals surface area contributed by atoms with E-state index in [2.05, 4.69) is 10.6 Å². The minimum Gasteiger partial charge on any atom is -0.329 e. The molecule has 2 aromatic rings. The summed E-state index contributed by atoms with van der Waals surface area (Å²) in [4.78, 5) is 12.0. The van der Waals surface area contributed by atoms with Crippen molar-refractivity contribution < 1.29 is 13.6 Å². The van der Waals surface area contributed by atoms with Crippen LogP contribution in [0.25, 0.3) is 0 Å². The number of nitrogens with one attached hydrogen (secondary N) is 2. The molecule has 0 heterocycles. The van der Waals surface area contributed by atoms with Crippen LogP contribution in [-0.4, -0.2) is 6.03 Å². The number of amides is 2. The van der Waals surface area contributed by atoms with Gasteiger partial charge in [-0.25, -0.2) is 13.6 Å². The molecule has 3 nitrogen and oxygen atoms in total. The number of urea groups is 1. The molecule has 2 N–H and O–H groups in total. The fourth-order valence-corrected chi connectivity index (χ4v) is 2.14. The molecule has 0 aliphatic carbocycles. The average Bonchev–Trinajstić information content (AvgIpc) is 2.42. The molecule has 2 aromatic carbocycles. The predicted octanol–water partition coefficient (Wildman–Crippen LogP) is 4.68. The van der Waals surface area contributed by atoms with Gasteiger partial charge in [0, 0.05) is 5.69 Å². The highest BCUT2D eigenvalue weighted by Crippen LogP contribution is 2.22. The van der Waals surface area contributed by atoms with Gasteiger partial charge in [0.15, 0.2) is 0 Å². The van der Waals surface area contributed by atoms with E-state index in [1.54, 1.807) is 26.0 Å². The molecule has 0 saturated carbocycles. The number of rotatable bonds is 3. The van der Waals surface area contributed by atoms with Crippen molar-refractivity contribution in [3.05, 3.63) is 64.7 Å². The molecule has 0 aromatic heterocycles. The number of carbonyl (C=O) groups is 1. The summed E-state index contributed by atoms with van der Waals surface area (Å²) in [6.45, 7) is 3.58. The van der Waals surface area contributed by atoms with Gasteiger partial charge in [0.1, 0.15) is 11.6 Å². The van der Waals surface area contributed by atoms with Crippen LogP contribution in [0.3, 0.4) is 0 Å². The fourth-order valence-electron chi connectivity index (χ4n) is 1.96. The zero-order valence-corrected chi connectivity index (χ0v) is 12.8. The van der Waals surface area contributed by atoms with Crippen molar-refractivity contribution >= 4 is 23.3 Å². The fraction of sp³-hybridized carbons (Fsp3) is 0.188. The van der Waals surface area contributed by atoms with E-state index in [1.807, 2.05) is 0 Å². The van der Waals surface area contributed by atoms with E-state index >= 15 is 0 Å². The summed E-state index contributed by atoms with van der Waals surface area (Å²) < 4.78 is 26.0. The van der Waals surface area contributed by atoms with Crippen molar-refractivity contribution in [2.45, 2.75) is 19.4 Å². The van der Waals surface area contributed by atoms with E-state index in [0.29, 0.717) is 5.69 Å². The Balaban J connectivity index is 2.07. The molecule has 2 rings (SSSR count). The molecule has 0 bridgehead atoms. The molecular weight excluding hydrogens is 310 g/mol. The summed E-state index contributed by atoms with van der Waals surface area (Å²) in [6.07, 6.45) is 0. The van der Waals surface area contributed by atoms with Crippen molar-refractivity contribution in [2.75, 3.05) is 5.32 Å². The smallest absolute Gasteiger partial charge is 0.319 e. The van der Waals surface area contributed by atoms with Crippen LogP contribution in [0.5, 0.6) is 0 Å². The van der Waals surface area contributed by atoms with Crippen molar-refractivity contribution in [3.8, 4) is 0 Å². The second-order valence-corrected chi connectivity index (χ2v) is 5.75. The van der Waals surface area contributed by atoms with E-state index < -0.39 is 17.4 Å². The minimum atomic E-state index is -0.707. The van der Waals surface area contributed by atoms with Crippen LogP contribution in [0.15, 0.2) is 42.5 Å². The van der Waals surface area contributed by atoms with Crippen LogP contribution in [0.1, 0.15) is 19.4 Å². The second kappa shape index (κ2) is 6.32. The van der Waals surface area contributed by atoms with Gasteiger partial charge in [-0.15, -0.1) is 0 Å². The number of hydrogen-bond donors (Lipinski definition) is 2. The van der Waals surface area contributed by atoms with Crippen LogP contribution < -0.4 is 10.6 Å². The van der Waals surface area contributed by atoms with Gasteiger partial charge in [-0.2, -0.15) is 0 Å². The number of anilines is 1. The van der Waals surface area contributed by atoms with Gasteiger partial charge in [0.05, 0.1) is 10.6 Å². The van der Waals surface area contributed by atoms with Gasteiger partial charge in [0.2, 0.25) is 0 Å². The molecular formula is C16H15ClF2N2O. The van der Waals surface area contributed by atoms with E-state index in [-0.39, 0.29) is 10.8 Å². The highest BCUT2D eigenvalue weighted by molar-refractivity contribution is 6.31. The molecule has 0 saturated heterocycles. The molecule has 0 atom stereocenters. The Morgan fingerprint density at radius 2 is 1.73 bits per heavy atom. The first-order valence-corrected chi connectivity index (χ1v) is 6.96. The monoisotopic (exact) mass is 324 g/mol. The summed E-state index contributed by atoms with van der Waals surface area (Å²) in [6, 6.07) is 9.29. The van der Waals surface area contributed by atoms with Gasteiger partial charge in [-0.3, -0.25) is 0 Å². The SMILES string of the molecule is CC(C)(NC(=O)Nc1ccc(F)c(Cl)c1)c1ccc(F)cc1. The van der Waals surface area contributed by atoms with Crippen molar-refractivity contribution in [1.82, 2.24) is 5.32 Å². The number of hydrogen-bond acceptors (Lipinski definition) is 1. The first-order chi connectivity index (χ1) is 10.3. The van der Waals surface area contributed by atoms with Crippen LogP contribution >= 0.6 is 11.6 Å². The summed E-state index contributed by atoms with van der Waals surface area (Å²) in [5, 5.41) is 5.26.